The Morgan fingerprint density at radius 3 is 2.74 bits per heavy atom. The molecule has 0 bridgehead atoms. The lowest BCUT2D eigenvalue weighted by Gasteiger charge is -2.14. The van der Waals surface area contributed by atoms with E-state index >= 15 is 0 Å². The Bertz CT molecular complexity index is 606. The number of carbonyl (C=O) groups excluding carboxylic acids is 1. The van der Waals surface area contributed by atoms with Gasteiger partial charge in [-0.2, -0.15) is 5.26 Å². The van der Waals surface area contributed by atoms with Gasteiger partial charge in [-0.3, -0.25) is 4.84 Å². The molecule has 0 N–H and O–H groups in total. The highest BCUT2D eigenvalue weighted by Gasteiger charge is 2.22. The fraction of sp³-hybridized carbons (Fsp3) is 0.273. The zero-order valence-corrected chi connectivity index (χ0v) is 11.2. The third kappa shape index (κ3) is 3.51. The van der Waals surface area contributed by atoms with Gasteiger partial charge in [0.05, 0.1) is 17.6 Å². The topological polar surface area (TPSA) is 96.7 Å². The van der Waals surface area contributed by atoms with Crippen LogP contribution < -0.4 is 0 Å². The van der Waals surface area contributed by atoms with Crippen LogP contribution in [0.5, 0.6) is 0 Å². The van der Waals surface area contributed by atoms with Crippen LogP contribution in [0.15, 0.2) is 29.2 Å². The van der Waals surface area contributed by atoms with E-state index in [-0.39, 0.29) is 10.5 Å². The predicted octanol–water partition coefficient (Wildman–Crippen LogP) is 0.549. The lowest BCUT2D eigenvalue weighted by Crippen LogP contribution is -2.25. The highest BCUT2D eigenvalue weighted by Crippen LogP contribution is 2.16. The first-order chi connectivity index (χ1) is 8.93. The molecule has 0 saturated carbocycles. The number of carbonyl (C=O) groups is 1. The van der Waals surface area contributed by atoms with E-state index in [0.717, 1.165) is 6.07 Å². The van der Waals surface area contributed by atoms with E-state index in [9.17, 15) is 13.2 Å². The van der Waals surface area contributed by atoms with Crippen LogP contribution in [0.3, 0.4) is 0 Å². The predicted molar refractivity (Wildman–Crippen MR) is 64.3 cm³/mol. The van der Waals surface area contributed by atoms with Gasteiger partial charge in [-0.15, -0.1) is 0 Å². The van der Waals surface area contributed by atoms with Crippen molar-refractivity contribution in [2.75, 3.05) is 20.8 Å². The van der Waals surface area contributed by atoms with E-state index in [1.54, 1.807) is 6.07 Å². The summed E-state index contributed by atoms with van der Waals surface area (Å²) in [5.41, 5.74) is 0.0424. The number of nitriles is 1. The molecule has 0 unspecified atom stereocenters. The number of benzene rings is 1. The number of ether oxygens (including phenoxy) is 1. The Morgan fingerprint density at radius 2 is 2.16 bits per heavy atom. The van der Waals surface area contributed by atoms with Crippen LogP contribution in [-0.2, 0) is 19.6 Å². The van der Waals surface area contributed by atoms with Gasteiger partial charge >= 0.3 is 5.97 Å². The van der Waals surface area contributed by atoms with E-state index in [2.05, 4.69) is 9.57 Å². The second-order valence-corrected chi connectivity index (χ2v) is 5.30. The number of hydroxylamine groups is 1. The molecule has 0 radical (unpaired) electrons. The second kappa shape index (κ2) is 6.29. The van der Waals surface area contributed by atoms with E-state index in [4.69, 9.17) is 5.26 Å². The molecule has 0 aromatic heterocycles. The van der Waals surface area contributed by atoms with Crippen LogP contribution in [0.4, 0.5) is 0 Å². The molecule has 102 valence electrons. The number of esters is 1. The molecule has 8 heteroatoms. The third-order valence-electron chi connectivity index (χ3n) is 2.23. The van der Waals surface area contributed by atoms with Crippen LogP contribution in [0.2, 0.25) is 0 Å². The normalized spacial score (nSPS) is 11.1. The lowest BCUT2D eigenvalue weighted by atomic mass is 10.2. The Hall–Kier alpha value is -1.95. The Morgan fingerprint density at radius 1 is 1.47 bits per heavy atom. The summed E-state index contributed by atoms with van der Waals surface area (Å²) in [4.78, 5) is 16.0. The van der Waals surface area contributed by atoms with Gasteiger partial charge in [-0.25, -0.2) is 13.2 Å². The van der Waals surface area contributed by atoms with Crippen LogP contribution in [0.25, 0.3) is 0 Å². The van der Waals surface area contributed by atoms with Gasteiger partial charge < -0.3 is 4.74 Å². The molecule has 0 aliphatic rings. The smallest absolute Gasteiger partial charge is 0.339 e. The molecule has 0 atom stereocenters. The van der Waals surface area contributed by atoms with E-state index < -0.39 is 22.6 Å². The fourth-order valence-corrected chi connectivity index (χ4v) is 2.23. The minimum Gasteiger partial charge on any atom is -0.447 e. The molecule has 0 heterocycles. The molecule has 0 spiro atoms. The molecule has 0 aliphatic heterocycles. The Balaban J connectivity index is 3.08. The van der Waals surface area contributed by atoms with Gasteiger partial charge in [-0.05, 0) is 18.2 Å². The monoisotopic (exact) mass is 284 g/mol. The fourth-order valence-electron chi connectivity index (χ4n) is 1.21. The second-order valence-electron chi connectivity index (χ2n) is 3.36. The summed E-state index contributed by atoms with van der Waals surface area (Å²) in [6, 6.07) is 6.93. The average Bonchev–Trinajstić information content (AvgIpc) is 2.43. The molecular weight excluding hydrogens is 272 g/mol. The molecule has 0 saturated heterocycles. The van der Waals surface area contributed by atoms with Crippen molar-refractivity contribution < 1.29 is 22.8 Å². The van der Waals surface area contributed by atoms with Crippen molar-refractivity contribution in [3.63, 3.8) is 0 Å². The first kappa shape index (κ1) is 15.1. The van der Waals surface area contributed by atoms with Crippen molar-refractivity contribution in [2.24, 2.45) is 0 Å². The van der Waals surface area contributed by atoms with Gasteiger partial charge in [-0.1, -0.05) is 10.5 Å². The highest BCUT2D eigenvalue weighted by atomic mass is 32.2. The number of rotatable bonds is 5. The van der Waals surface area contributed by atoms with Crippen LogP contribution in [0.1, 0.15) is 10.4 Å². The summed E-state index contributed by atoms with van der Waals surface area (Å²) < 4.78 is 29.2. The summed E-state index contributed by atoms with van der Waals surface area (Å²) >= 11 is 0. The molecule has 1 rings (SSSR count). The molecule has 0 fully saturated rings. The number of sulfonamides is 1. The van der Waals surface area contributed by atoms with Crippen LogP contribution >= 0.6 is 0 Å². The quantitative estimate of drug-likeness (QED) is 0.578. The van der Waals surface area contributed by atoms with Crippen molar-refractivity contribution >= 4 is 16.0 Å². The van der Waals surface area contributed by atoms with Crippen molar-refractivity contribution in [2.45, 2.75) is 4.90 Å². The zero-order chi connectivity index (χ0) is 14.5. The lowest BCUT2D eigenvalue weighted by molar-refractivity contribution is -0.0258. The van der Waals surface area contributed by atoms with Crippen molar-refractivity contribution in [1.82, 2.24) is 4.47 Å². The summed E-state index contributed by atoms with van der Waals surface area (Å²) in [5, 5.41) is 8.30. The van der Waals surface area contributed by atoms with E-state index in [1.807, 2.05) is 0 Å². The Kier molecular flexibility index (Phi) is 5.00. The van der Waals surface area contributed by atoms with E-state index in [0.29, 0.717) is 4.47 Å². The molecule has 19 heavy (non-hydrogen) atoms. The molecule has 0 amide bonds. The largest absolute Gasteiger partial charge is 0.447 e. The summed E-state index contributed by atoms with van der Waals surface area (Å²) in [7, 11) is -1.38. The zero-order valence-electron chi connectivity index (χ0n) is 10.4. The molecule has 1 aromatic rings. The first-order valence-corrected chi connectivity index (χ1v) is 6.54. The highest BCUT2D eigenvalue weighted by molar-refractivity contribution is 7.89. The third-order valence-corrected chi connectivity index (χ3v) is 3.91. The minimum absolute atomic E-state index is 0.0424. The average molecular weight is 284 g/mol. The van der Waals surface area contributed by atoms with Crippen LogP contribution in [-0.4, -0.2) is 39.6 Å². The maximum absolute atomic E-state index is 11.9. The molecule has 1 aromatic carbocycles. The maximum atomic E-state index is 11.9. The molecule has 7 nitrogen and oxygen atoms in total. The molecular formula is C11H12N2O5S. The minimum atomic E-state index is -3.83. The van der Waals surface area contributed by atoms with Gasteiger partial charge in [0.2, 0.25) is 0 Å². The summed E-state index contributed by atoms with van der Waals surface area (Å²) in [5.74, 6) is -0.765. The van der Waals surface area contributed by atoms with Gasteiger partial charge in [0, 0.05) is 7.05 Å². The van der Waals surface area contributed by atoms with Gasteiger partial charge in [0.15, 0.2) is 6.61 Å². The van der Waals surface area contributed by atoms with Crippen molar-refractivity contribution in [3.8, 4) is 6.07 Å². The number of hydrogen-bond donors (Lipinski definition) is 0. The van der Waals surface area contributed by atoms with Gasteiger partial charge in [0.1, 0.15) is 6.07 Å². The van der Waals surface area contributed by atoms with E-state index in [1.165, 1.54) is 32.4 Å². The van der Waals surface area contributed by atoms with Crippen LogP contribution in [0, 0.1) is 11.3 Å². The summed E-state index contributed by atoms with van der Waals surface area (Å²) in [6.45, 7) is -0.395. The SMILES string of the molecule is CON(C)S(=O)(=O)c1cccc(C(=O)OCC#N)c1. The summed E-state index contributed by atoms with van der Waals surface area (Å²) in [6.07, 6.45) is 0. The number of nitrogens with zero attached hydrogens (tertiary/aromatic N) is 2. The van der Waals surface area contributed by atoms with Gasteiger partial charge in [0.25, 0.3) is 10.0 Å². The number of hydrogen-bond acceptors (Lipinski definition) is 6. The Labute approximate surface area is 111 Å². The maximum Gasteiger partial charge on any atom is 0.339 e. The van der Waals surface area contributed by atoms with Crippen molar-refractivity contribution in [3.05, 3.63) is 29.8 Å². The molecule has 0 aliphatic carbocycles. The standard InChI is InChI=1S/C11H12N2O5S/c1-13(17-2)19(15,16)10-5-3-4-9(8-10)11(14)18-7-6-12/h3-5,8H,7H2,1-2H3. The first-order valence-electron chi connectivity index (χ1n) is 5.10. The van der Waals surface area contributed by atoms with Crippen molar-refractivity contribution in [1.29, 1.82) is 5.26 Å².